The lowest BCUT2D eigenvalue weighted by molar-refractivity contribution is 0.400. The highest BCUT2D eigenvalue weighted by Crippen LogP contribution is 2.37. The van der Waals surface area contributed by atoms with E-state index in [4.69, 9.17) is 0 Å². The number of aromatic hydroxyl groups is 2. The predicted molar refractivity (Wildman–Crippen MR) is 51.1 cm³/mol. The van der Waals surface area contributed by atoms with Gasteiger partial charge in [-0.1, -0.05) is 6.92 Å². The summed E-state index contributed by atoms with van der Waals surface area (Å²) in [7, 11) is 0. The van der Waals surface area contributed by atoms with E-state index < -0.39 is 0 Å². The summed E-state index contributed by atoms with van der Waals surface area (Å²) in [6.45, 7) is 2.16. The Labute approximate surface area is 77.8 Å². The minimum atomic E-state index is 0.00694. The minimum absolute atomic E-state index is 0.00694. The molecule has 0 heterocycles. The van der Waals surface area contributed by atoms with Crippen LogP contribution in [0.15, 0.2) is 12.1 Å². The SMILES string of the molecule is CC1CCCc2cc(O)c(O)cc21. The number of hydrogen-bond acceptors (Lipinski definition) is 2. The maximum Gasteiger partial charge on any atom is 0.157 e. The fourth-order valence-electron chi connectivity index (χ4n) is 2.07. The molecule has 0 saturated carbocycles. The van der Waals surface area contributed by atoms with Gasteiger partial charge in [-0.25, -0.2) is 0 Å². The molecule has 1 aromatic rings. The predicted octanol–water partition coefficient (Wildman–Crippen LogP) is 2.54. The topological polar surface area (TPSA) is 40.5 Å². The Hall–Kier alpha value is -1.18. The third kappa shape index (κ3) is 1.37. The quantitative estimate of drug-likeness (QED) is 0.599. The standard InChI is InChI=1S/C11H14O2/c1-7-3-2-4-8-5-10(12)11(13)6-9(7)8/h5-7,12-13H,2-4H2,1H3. The smallest absolute Gasteiger partial charge is 0.157 e. The molecule has 1 aromatic carbocycles. The Balaban J connectivity index is 2.52. The summed E-state index contributed by atoms with van der Waals surface area (Å²) >= 11 is 0. The number of fused-ring (bicyclic) bond motifs is 1. The Bertz CT molecular complexity index is 331. The minimum Gasteiger partial charge on any atom is -0.504 e. The van der Waals surface area contributed by atoms with Crippen LogP contribution in [0.5, 0.6) is 11.5 Å². The van der Waals surface area contributed by atoms with Crippen molar-refractivity contribution in [1.82, 2.24) is 0 Å². The lowest BCUT2D eigenvalue weighted by atomic mass is 9.84. The largest absolute Gasteiger partial charge is 0.504 e. The third-order valence-corrected chi connectivity index (χ3v) is 2.85. The number of hydrogen-bond donors (Lipinski definition) is 2. The molecular formula is C11H14O2. The van der Waals surface area contributed by atoms with E-state index in [-0.39, 0.29) is 11.5 Å². The molecule has 0 bridgehead atoms. The molecule has 2 N–H and O–H groups in total. The van der Waals surface area contributed by atoms with Gasteiger partial charge in [-0.3, -0.25) is 0 Å². The molecule has 0 saturated heterocycles. The fraction of sp³-hybridized carbons (Fsp3) is 0.455. The number of phenolic OH excluding ortho intramolecular Hbond substituents is 2. The molecule has 70 valence electrons. The normalized spacial score (nSPS) is 21.2. The van der Waals surface area contributed by atoms with Crippen LogP contribution in [-0.4, -0.2) is 10.2 Å². The first kappa shape index (κ1) is 8.42. The van der Waals surface area contributed by atoms with Gasteiger partial charge in [-0.05, 0) is 48.4 Å². The molecular weight excluding hydrogens is 164 g/mol. The second kappa shape index (κ2) is 2.95. The number of phenols is 2. The monoisotopic (exact) mass is 178 g/mol. The van der Waals surface area contributed by atoms with Crippen LogP contribution in [-0.2, 0) is 6.42 Å². The van der Waals surface area contributed by atoms with E-state index >= 15 is 0 Å². The summed E-state index contributed by atoms with van der Waals surface area (Å²) in [5.74, 6) is 0.524. The molecule has 1 unspecified atom stereocenters. The van der Waals surface area contributed by atoms with Crippen molar-refractivity contribution in [3.8, 4) is 11.5 Å². The summed E-state index contributed by atoms with van der Waals surface area (Å²) in [6, 6.07) is 3.40. The fourth-order valence-corrected chi connectivity index (χ4v) is 2.07. The zero-order valence-corrected chi connectivity index (χ0v) is 7.75. The molecule has 0 spiro atoms. The van der Waals surface area contributed by atoms with Crippen LogP contribution >= 0.6 is 0 Å². The molecule has 0 radical (unpaired) electrons. The Morgan fingerprint density at radius 2 is 1.92 bits per heavy atom. The summed E-state index contributed by atoms with van der Waals surface area (Å²) in [5.41, 5.74) is 2.38. The van der Waals surface area contributed by atoms with Crippen molar-refractivity contribution in [2.24, 2.45) is 0 Å². The molecule has 2 rings (SSSR count). The second-order valence-electron chi connectivity index (χ2n) is 3.83. The van der Waals surface area contributed by atoms with Crippen molar-refractivity contribution in [2.45, 2.75) is 32.1 Å². The highest BCUT2D eigenvalue weighted by Gasteiger charge is 2.18. The van der Waals surface area contributed by atoms with Gasteiger partial charge in [0.25, 0.3) is 0 Å². The summed E-state index contributed by atoms with van der Waals surface area (Å²) in [4.78, 5) is 0. The summed E-state index contributed by atoms with van der Waals surface area (Å²) in [6.07, 6.45) is 3.38. The molecule has 1 atom stereocenters. The van der Waals surface area contributed by atoms with Crippen LogP contribution in [0.1, 0.15) is 36.8 Å². The van der Waals surface area contributed by atoms with Crippen LogP contribution in [0.3, 0.4) is 0 Å². The summed E-state index contributed by atoms with van der Waals surface area (Å²) < 4.78 is 0. The Morgan fingerprint density at radius 3 is 2.69 bits per heavy atom. The second-order valence-corrected chi connectivity index (χ2v) is 3.83. The van der Waals surface area contributed by atoms with Gasteiger partial charge in [0.05, 0.1) is 0 Å². The highest BCUT2D eigenvalue weighted by atomic mass is 16.3. The van der Waals surface area contributed by atoms with Crippen molar-refractivity contribution >= 4 is 0 Å². The van der Waals surface area contributed by atoms with Crippen molar-refractivity contribution in [3.63, 3.8) is 0 Å². The van der Waals surface area contributed by atoms with Gasteiger partial charge in [0.2, 0.25) is 0 Å². The third-order valence-electron chi connectivity index (χ3n) is 2.85. The molecule has 2 nitrogen and oxygen atoms in total. The van der Waals surface area contributed by atoms with Gasteiger partial charge < -0.3 is 10.2 Å². The van der Waals surface area contributed by atoms with E-state index in [0.717, 1.165) is 6.42 Å². The zero-order chi connectivity index (χ0) is 9.42. The number of rotatable bonds is 0. The van der Waals surface area contributed by atoms with E-state index in [1.807, 2.05) is 0 Å². The molecule has 13 heavy (non-hydrogen) atoms. The molecule has 0 aliphatic heterocycles. The van der Waals surface area contributed by atoms with Crippen molar-refractivity contribution in [1.29, 1.82) is 0 Å². The van der Waals surface area contributed by atoms with Gasteiger partial charge in [0.1, 0.15) is 0 Å². The lowest BCUT2D eigenvalue weighted by Gasteiger charge is -2.22. The molecule has 0 aromatic heterocycles. The van der Waals surface area contributed by atoms with E-state index in [9.17, 15) is 10.2 Å². The van der Waals surface area contributed by atoms with Crippen molar-refractivity contribution in [3.05, 3.63) is 23.3 Å². The number of benzene rings is 1. The average Bonchev–Trinajstić information content (AvgIpc) is 2.09. The summed E-state index contributed by atoms with van der Waals surface area (Å²) in [5, 5.41) is 18.7. The van der Waals surface area contributed by atoms with Crippen LogP contribution in [0.25, 0.3) is 0 Å². The van der Waals surface area contributed by atoms with Gasteiger partial charge >= 0.3 is 0 Å². The van der Waals surface area contributed by atoms with Crippen LogP contribution in [0.4, 0.5) is 0 Å². The van der Waals surface area contributed by atoms with Gasteiger partial charge in [-0.15, -0.1) is 0 Å². The molecule has 0 fully saturated rings. The van der Waals surface area contributed by atoms with Gasteiger partial charge in [0.15, 0.2) is 11.5 Å². The first-order chi connectivity index (χ1) is 6.18. The van der Waals surface area contributed by atoms with Gasteiger partial charge in [-0.2, -0.15) is 0 Å². The van der Waals surface area contributed by atoms with Crippen molar-refractivity contribution in [2.75, 3.05) is 0 Å². The first-order valence-corrected chi connectivity index (χ1v) is 4.73. The molecule has 1 aliphatic carbocycles. The maximum atomic E-state index is 9.34. The van der Waals surface area contributed by atoms with Crippen LogP contribution < -0.4 is 0 Å². The molecule has 1 aliphatic rings. The van der Waals surface area contributed by atoms with Gasteiger partial charge in [0, 0.05) is 0 Å². The Kier molecular flexibility index (Phi) is 1.91. The molecule has 0 amide bonds. The lowest BCUT2D eigenvalue weighted by Crippen LogP contribution is -2.06. The molecule has 2 heteroatoms. The Morgan fingerprint density at radius 1 is 1.23 bits per heavy atom. The van der Waals surface area contributed by atoms with Crippen molar-refractivity contribution < 1.29 is 10.2 Å². The van der Waals surface area contributed by atoms with Crippen LogP contribution in [0.2, 0.25) is 0 Å². The van der Waals surface area contributed by atoms with E-state index in [1.165, 1.54) is 24.0 Å². The zero-order valence-electron chi connectivity index (χ0n) is 7.75. The average molecular weight is 178 g/mol. The first-order valence-electron chi connectivity index (χ1n) is 4.73. The number of aryl methyl sites for hydroxylation is 1. The van der Waals surface area contributed by atoms with E-state index in [1.54, 1.807) is 12.1 Å². The van der Waals surface area contributed by atoms with E-state index in [2.05, 4.69) is 6.92 Å². The van der Waals surface area contributed by atoms with Crippen LogP contribution in [0, 0.1) is 0 Å². The highest BCUT2D eigenvalue weighted by molar-refractivity contribution is 5.47. The van der Waals surface area contributed by atoms with E-state index in [0.29, 0.717) is 5.92 Å². The maximum absolute atomic E-state index is 9.34.